The number of anilines is 1. The molecule has 1 amide bonds. The zero-order valence-corrected chi connectivity index (χ0v) is 22.6. The molecule has 37 heavy (non-hydrogen) atoms. The largest absolute Gasteiger partial charge is 0.497 e. The van der Waals surface area contributed by atoms with Gasteiger partial charge in [0.15, 0.2) is 5.13 Å². The molecule has 2 atom stereocenters. The Hall–Kier alpha value is -3.60. The van der Waals surface area contributed by atoms with Crippen LogP contribution in [0.1, 0.15) is 41.0 Å². The van der Waals surface area contributed by atoms with E-state index in [2.05, 4.69) is 10.3 Å². The number of carboxylic acids is 1. The van der Waals surface area contributed by atoms with Gasteiger partial charge in [0, 0.05) is 35.4 Å². The van der Waals surface area contributed by atoms with E-state index in [1.165, 1.54) is 16.2 Å². The molecule has 1 unspecified atom stereocenters. The van der Waals surface area contributed by atoms with E-state index in [1.807, 2.05) is 37.4 Å². The van der Waals surface area contributed by atoms with Crippen LogP contribution >= 0.6 is 11.3 Å². The molecular formula is C26H32N4O6S. The van der Waals surface area contributed by atoms with Gasteiger partial charge in [-0.15, -0.1) is 11.3 Å². The Morgan fingerprint density at radius 2 is 1.95 bits per heavy atom. The van der Waals surface area contributed by atoms with Gasteiger partial charge in [0.1, 0.15) is 34.9 Å². The fraction of sp³-hybridized carbons (Fsp3) is 0.462. The molecule has 0 saturated carbocycles. The second-order valence-electron chi connectivity index (χ2n) is 10.2. The predicted octanol–water partition coefficient (Wildman–Crippen LogP) is 5.03. The molecule has 0 radical (unpaired) electrons. The van der Waals surface area contributed by atoms with Crippen LogP contribution in [0.25, 0.3) is 22.3 Å². The van der Waals surface area contributed by atoms with E-state index >= 15 is 0 Å². The van der Waals surface area contributed by atoms with Crippen LogP contribution < -0.4 is 14.8 Å². The Morgan fingerprint density at radius 3 is 2.59 bits per heavy atom. The number of pyridine rings is 1. The number of carbonyl (C=O) groups excluding carboxylic acids is 1. The van der Waals surface area contributed by atoms with Crippen molar-refractivity contribution in [2.75, 3.05) is 19.0 Å². The molecule has 4 rings (SSSR count). The van der Waals surface area contributed by atoms with Crippen LogP contribution in [0.2, 0.25) is 0 Å². The molecule has 3 aromatic rings. The van der Waals surface area contributed by atoms with Crippen molar-refractivity contribution < 1.29 is 28.9 Å². The van der Waals surface area contributed by atoms with Crippen LogP contribution in [0, 0.1) is 0 Å². The van der Waals surface area contributed by atoms with Gasteiger partial charge < -0.3 is 24.6 Å². The maximum Gasteiger partial charge on any atom is 0.411 e. The highest BCUT2D eigenvalue weighted by Gasteiger charge is 2.43. The summed E-state index contributed by atoms with van der Waals surface area (Å²) < 4.78 is 17.2. The first-order chi connectivity index (χ1) is 17.4. The summed E-state index contributed by atoms with van der Waals surface area (Å²) in [6, 6.07) is 6.47. The number of aromatic nitrogens is 2. The van der Waals surface area contributed by atoms with E-state index < -0.39 is 29.8 Å². The summed E-state index contributed by atoms with van der Waals surface area (Å²) in [5, 5.41) is 16.5. The number of hydrogen-bond donors (Lipinski definition) is 2. The molecular weight excluding hydrogens is 496 g/mol. The van der Waals surface area contributed by atoms with Gasteiger partial charge in [0.25, 0.3) is 0 Å². The summed E-state index contributed by atoms with van der Waals surface area (Å²) in [5.41, 5.74) is 1.20. The lowest BCUT2D eigenvalue weighted by molar-refractivity contribution is -0.142. The van der Waals surface area contributed by atoms with Crippen molar-refractivity contribution in [1.29, 1.82) is 0 Å². The van der Waals surface area contributed by atoms with E-state index in [0.29, 0.717) is 28.4 Å². The molecule has 1 fully saturated rings. The number of methoxy groups -OCH3 is 1. The van der Waals surface area contributed by atoms with Crippen LogP contribution in [0.3, 0.4) is 0 Å². The molecule has 0 spiro atoms. The van der Waals surface area contributed by atoms with Crippen molar-refractivity contribution in [2.45, 2.75) is 64.8 Å². The zero-order valence-electron chi connectivity index (χ0n) is 21.8. The molecule has 1 aliphatic rings. The van der Waals surface area contributed by atoms with Gasteiger partial charge >= 0.3 is 12.1 Å². The van der Waals surface area contributed by atoms with Crippen LogP contribution in [0.15, 0.2) is 29.6 Å². The zero-order chi connectivity index (χ0) is 26.9. The lowest BCUT2D eigenvalue weighted by Crippen LogP contribution is -2.43. The van der Waals surface area contributed by atoms with Crippen LogP contribution in [0.5, 0.6) is 11.5 Å². The fourth-order valence-electron chi connectivity index (χ4n) is 4.06. The summed E-state index contributed by atoms with van der Waals surface area (Å²) in [4.78, 5) is 35.3. The Labute approximate surface area is 219 Å². The lowest BCUT2D eigenvalue weighted by Gasteiger charge is -2.26. The number of nitrogens with one attached hydrogen (secondary N) is 1. The van der Waals surface area contributed by atoms with Gasteiger partial charge in [-0.25, -0.2) is 19.6 Å². The van der Waals surface area contributed by atoms with Gasteiger partial charge in [-0.1, -0.05) is 0 Å². The Bertz CT molecular complexity index is 1300. The van der Waals surface area contributed by atoms with Gasteiger partial charge in [-0.05, 0) is 46.8 Å². The summed E-state index contributed by atoms with van der Waals surface area (Å²) in [6.07, 6.45) is -1.10. The smallest absolute Gasteiger partial charge is 0.411 e. The first-order valence-electron chi connectivity index (χ1n) is 12.0. The number of likely N-dealkylation sites (tertiary alicyclic amines) is 1. The highest BCUT2D eigenvalue weighted by atomic mass is 32.1. The molecule has 2 N–H and O–H groups in total. The van der Waals surface area contributed by atoms with Gasteiger partial charge in [-0.2, -0.15) is 0 Å². The number of carboxylic acid groups (broad SMARTS) is 1. The number of thiazole rings is 1. The number of carbonyl (C=O) groups is 2. The third-order valence-electron chi connectivity index (χ3n) is 5.63. The second-order valence-corrected chi connectivity index (χ2v) is 11.0. The van der Waals surface area contributed by atoms with E-state index in [4.69, 9.17) is 19.2 Å². The van der Waals surface area contributed by atoms with Crippen LogP contribution in [-0.4, -0.2) is 69.5 Å². The van der Waals surface area contributed by atoms with Crippen LogP contribution in [0.4, 0.5) is 9.93 Å². The van der Waals surface area contributed by atoms with Crippen molar-refractivity contribution in [1.82, 2.24) is 14.9 Å². The van der Waals surface area contributed by atoms with Gasteiger partial charge in [-0.3, -0.25) is 4.90 Å². The number of aliphatic carboxylic acids is 1. The number of amides is 1. The number of ether oxygens (including phenoxy) is 3. The van der Waals surface area contributed by atoms with Crippen molar-refractivity contribution >= 4 is 39.4 Å². The molecule has 10 nitrogen and oxygen atoms in total. The summed E-state index contributed by atoms with van der Waals surface area (Å²) in [7, 11) is 1.59. The maximum absolute atomic E-state index is 12.7. The molecule has 1 aliphatic heterocycles. The van der Waals surface area contributed by atoms with Crippen molar-refractivity contribution in [2.24, 2.45) is 0 Å². The first-order valence-corrected chi connectivity index (χ1v) is 12.9. The number of nitrogens with zero attached hydrogens (tertiary/aromatic N) is 3. The maximum atomic E-state index is 12.7. The van der Waals surface area contributed by atoms with Crippen molar-refractivity contribution in [3.8, 4) is 22.9 Å². The normalized spacial score (nSPS) is 17.8. The Balaban J connectivity index is 1.67. The Kier molecular flexibility index (Phi) is 7.44. The van der Waals surface area contributed by atoms with Crippen molar-refractivity contribution in [3.63, 3.8) is 0 Å². The lowest BCUT2D eigenvalue weighted by atomic mass is 10.1. The van der Waals surface area contributed by atoms with E-state index in [1.54, 1.807) is 33.9 Å². The molecule has 3 heterocycles. The molecule has 0 bridgehead atoms. The van der Waals surface area contributed by atoms with E-state index in [-0.39, 0.29) is 19.0 Å². The molecule has 198 valence electrons. The number of hydrogen-bond acceptors (Lipinski definition) is 9. The monoisotopic (exact) mass is 528 g/mol. The van der Waals surface area contributed by atoms with E-state index in [9.17, 15) is 14.7 Å². The second kappa shape index (κ2) is 10.4. The first kappa shape index (κ1) is 26.5. The number of benzene rings is 1. The minimum absolute atomic E-state index is 0.0837. The summed E-state index contributed by atoms with van der Waals surface area (Å²) in [6.45, 7) is 9.39. The molecule has 1 saturated heterocycles. The molecule has 11 heteroatoms. The average Bonchev–Trinajstić information content (AvgIpc) is 3.44. The molecule has 0 aliphatic carbocycles. The van der Waals surface area contributed by atoms with Crippen molar-refractivity contribution in [3.05, 3.63) is 29.6 Å². The third kappa shape index (κ3) is 6.22. The number of fused-ring (bicyclic) bond motifs is 1. The van der Waals surface area contributed by atoms with Gasteiger partial charge in [0.2, 0.25) is 0 Å². The highest BCUT2D eigenvalue weighted by molar-refractivity contribution is 7.14. The fourth-order valence-corrected chi connectivity index (χ4v) is 4.91. The predicted molar refractivity (Wildman–Crippen MR) is 142 cm³/mol. The SMILES string of the molecule is COc1ccc2c(OC3C[C@@H](C(=O)O)N(C(=O)OC(C)(C)C)C3)cc(-c3csc(NC(C)C)n3)nc2c1. The standard InChI is InChI=1S/C26H32N4O6S/c1-14(2)27-24-29-20(13-37-24)19-11-22(17-8-7-15(34-6)9-18(17)28-19)35-16-10-21(23(31)32)30(12-16)25(33)36-26(3,4)5/h7-9,11,13-14,16,21H,10,12H2,1-6H3,(H,27,29)(H,31,32)/t16?,21-/m0/s1. The van der Waals surface area contributed by atoms with Crippen LogP contribution in [-0.2, 0) is 9.53 Å². The molecule has 2 aromatic heterocycles. The Morgan fingerprint density at radius 1 is 1.19 bits per heavy atom. The minimum atomic E-state index is -1.10. The third-order valence-corrected chi connectivity index (χ3v) is 6.40. The summed E-state index contributed by atoms with van der Waals surface area (Å²) >= 11 is 1.48. The highest BCUT2D eigenvalue weighted by Crippen LogP contribution is 2.35. The topological polar surface area (TPSA) is 123 Å². The minimum Gasteiger partial charge on any atom is -0.497 e. The quantitative estimate of drug-likeness (QED) is 0.435. The average molecular weight is 529 g/mol. The molecule has 1 aromatic carbocycles. The van der Waals surface area contributed by atoms with Gasteiger partial charge in [0.05, 0.1) is 24.9 Å². The number of rotatable bonds is 7. The summed E-state index contributed by atoms with van der Waals surface area (Å²) in [5.74, 6) is 0.0651. The van der Waals surface area contributed by atoms with E-state index in [0.717, 1.165) is 10.5 Å².